The van der Waals surface area contributed by atoms with Gasteiger partial charge in [-0.3, -0.25) is 4.79 Å². The number of carbonyl (C=O) groups is 1. The van der Waals surface area contributed by atoms with Crippen molar-refractivity contribution in [3.05, 3.63) is 178 Å². The topological polar surface area (TPSA) is 59.9 Å². The van der Waals surface area contributed by atoms with Gasteiger partial charge in [0.2, 0.25) is 0 Å². The first-order chi connectivity index (χ1) is 23.5. The molecule has 1 fully saturated rings. The van der Waals surface area contributed by atoms with Crippen LogP contribution in [-0.4, -0.2) is 42.8 Å². The number of fused-ring (bicyclic) bond motifs is 1. The zero-order chi connectivity index (χ0) is 33.0. The largest absolute Gasteiger partial charge is 0.377 e. The van der Waals surface area contributed by atoms with Crippen molar-refractivity contribution in [2.24, 2.45) is 10.9 Å². The maximum Gasteiger partial charge on any atom is 0.257 e. The molecule has 0 bridgehead atoms. The molecule has 0 spiro atoms. The van der Waals surface area contributed by atoms with Crippen molar-refractivity contribution in [2.75, 3.05) is 25.6 Å². The number of rotatable bonds is 9. The first kappa shape index (κ1) is 32.5. The number of amidine groups is 1. The summed E-state index contributed by atoms with van der Waals surface area (Å²) in [5.74, 6) is -0.268. The summed E-state index contributed by atoms with van der Waals surface area (Å²) < 4.78 is 29.6. The number of hydrogen-bond acceptors (Lipinski definition) is 5. The van der Waals surface area contributed by atoms with E-state index < -0.39 is 11.0 Å². The molecule has 5 aromatic carbocycles. The molecule has 0 aliphatic carbocycles. The molecule has 5 nitrogen and oxygen atoms in total. The molecule has 0 saturated carbocycles. The predicted octanol–water partition coefficient (Wildman–Crippen LogP) is 8.38. The van der Waals surface area contributed by atoms with Crippen LogP contribution in [0.15, 0.2) is 149 Å². The van der Waals surface area contributed by atoms with Gasteiger partial charge in [-0.1, -0.05) is 137 Å². The fourth-order valence-corrected chi connectivity index (χ4v) is 8.49. The van der Waals surface area contributed by atoms with E-state index in [9.17, 15) is 4.79 Å². The van der Waals surface area contributed by atoms with E-state index in [1.165, 1.54) is 17.8 Å². The van der Waals surface area contributed by atoms with Gasteiger partial charge in [-0.15, -0.1) is 0 Å². The molecule has 48 heavy (non-hydrogen) atoms. The summed E-state index contributed by atoms with van der Waals surface area (Å²) in [6, 6.07) is 45.2. The van der Waals surface area contributed by atoms with Crippen molar-refractivity contribution < 1.29 is 18.7 Å². The Morgan fingerprint density at radius 3 is 2.02 bits per heavy atom. The minimum atomic E-state index is -1.04. The number of thioether (sulfide) groups is 1. The average molecular weight is 722 g/mol. The number of nitrogens with zero attached hydrogens (tertiary/aromatic N) is 1. The third kappa shape index (κ3) is 6.26. The lowest BCUT2D eigenvalue weighted by Crippen LogP contribution is -2.45. The van der Waals surface area contributed by atoms with Gasteiger partial charge in [0.15, 0.2) is 5.17 Å². The molecule has 0 aromatic heterocycles. The van der Waals surface area contributed by atoms with Crippen LogP contribution in [0.1, 0.15) is 32.6 Å². The summed E-state index contributed by atoms with van der Waals surface area (Å²) in [5.41, 5.74) is 2.71. The lowest BCUT2D eigenvalue weighted by atomic mass is 9.70. The Morgan fingerprint density at radius 1 is 0.875 bits per heavy atom. The minimum absolute atomic E-state index is 0.158. The normalized spacial score (nSPS) is 20.5. The van der Waals surface area contributed by atoms with Crippen molar-refractivity contribution in [3.63, 3.8) is 0 Å². The zero-order valence-corrected chi connectivity index (χ0v) is 28.5. The Morgan fingerprint density at radius 2 is 1.44 bits per heavy atom. The van der Waals surface area contributed by atoms with Gasteiger partial charge in [-0.05, 0) is 47.0 Å². The second kappa shape index (κ2) is 14.2. The number of aliphatic imine (C=N–C) groups is 1. The highest BCUT2D eigenvalue weighted by Crippen LogP contribution is 2.49. The van der Waals surface area contributed by atoms with Gasteiger partial charge >= 0.3 is 0 Å². The van der Waals surface area contributed by atoms with E-state index in [2.05, 4.69) is 94.0 Å². The van der Waals surface area contributed by atoms with Crippen molar-refractivity contribution >= 4 is 38.8 Å². The molecule has 8 heteroatoms. The molecule has 242 valence electrons. The number of benzene rings is 5. The quantitative estimate of drug-likeness (QED) is 0.156. The van der Waals surface area contributed by atoms with Crippen LogP contribution in [0.5, 0.6) is 0 Å². The Balaban J connectivity index is 1.20. The molecule has 0 radical (unpaired) electrons. The van der Waals surface area contributed by atoms with Crippen molar-refractivity contribution in [2.45, 2.75) is 17.1 Å². The van der Waals surface area contributed by atoms with Gasteiger partial charge in [0.1, 0.15) is 11.4 Å². The Bertz CT molecular complexity index is 1800. The molecule has 1 N–H and O–H groups in total. The second-order valence-corrected chi connectivity index (χ2v) is 14.0. The summed E-state index contributed by atoms with van der Waals surface area (Å²) in [5, 5.41) is 3.41. The van der Waals surface area contributed by atoms with Gasteiger partial charge in [-0.2, -0.15) is 0 Å². The van der Waals surface area contributed by atoms with Crippen LogP contribution in [0.25, 0.3) is 0 Å². The van der Waals surface area contributed by atoms with E-state index in [1.807, 2.05) is 36.4 Å². The highest BCUT2D eigenvalue weighted by molar-refractivity contribution is 9.10. The molecule has 1 saturated heterocycles. The van der Waals surface area contributed by atoms with Crippen LogP contribution in [0, 0.1) is 11.7 Å². The van der Waals surface area contributed by atoms with Crippen molar-refractivity contribution in [3.8, 4) is 0 Å². The predicted molar refractivity (Wildman–Crippen MR) is 193 cm³/mol. The van der Waals surface area contributed by atoms with E-state index in [-0.39, 0.29) is 37.0 Å². The van der Waals surface area contributed by atoms with Gasteiger partial charge in [0, 0.05) is 27.3 Å². The van der Waals surface area contributed by atoms with Crippen LogP contribution in [0.3, 0.4) is 0 Å². The first-order valence-electron chi connectivity index (χ1n) is 15.9. The molecular formula is C40H34BrFN2O3S. The monoisotopic (exact) mass is 720 g/mol. The summed E-state index contributed by atoms with van der Waals surface area (Å²) in [6.45, 7) is 0.814. The van der Waals surface area contributed by atoms with Crippen LogP contribution in [-0.2, 0) is 20.4 Å². The molecule has 7 rings (SSSR count). The Labute approximate surface area is 292 Å². The summed E-state index contributed by atoms with van der Waals surface area (Å²) in [4.78, 5) is 18.1. The number of halogens is 2. The molecule has 2 aliphatic heterocycles. The van der Waals surface area contributed by atoms with Crippen LogP contribution in [0.4, 0.5) is 4.39 Å². The van der Waals surface area contributed by atoms with E-state index in [0.717, 1.165) is 21.2 Å². The Kier molecular flexibility index (Phi) is 9.59. The van der Waals surface area contributed by atoms with Crippen LogP contribution in [0.2, 0.25) is 0 Å². The number of carbonyl (C=O) groups excluding carboxylic acids is 1. The maximum absolute atomic E-state index is 15.7. The van der Waals surface area contributed by atoms with E-state index in [0.29, 0.717) is 28.7 Å². The summed E-state index contributed by atoms with van der Waals surface area (Å²) >= 11 is 4.98. The van der Waals surface area contributed by atoms with Gasteiger partial charge in [-0.25, -0.2) is 9.38 Å². The highest BCUT2D eigenvalue weighted by atomic mass is 79.9. The third-order valence-electron chi connectivity index (χ3n) is 9.33. The third-order valence-corrected chi connectivity index (χ3v) is 10.8. The average Bonchev–Trinajstić information content (AvgIpc) is 3.51. The standard InChI is InChI=1S/C40H34BrFN2O3S/c41-32-21-22-35(42)33(23-32)40-27-47-36(34(40)25-48-38(44-40)43-37(45)28-13-5-1-6-14-28)24-46-26-39(29-15-7-2-8-16-29,30-17-9-3-10-18-30)31-19-11-4-12-20-31/h1-23,34,36H,24-27H2,(H,43,44,45)/t34-,36-,40-/m1/s1. The molecule has 0 unspecified atom stereocenters. The van der Waals surface area contributed by atoms with Gasteiger partial charge in [0.05, 0.1) is 31.3 Å². The summed E-state index contributed by atoms with van der Waals surface area (Å²) in [6.07, 6.45) is -0.356. The molecule has 1 amide bonds. The molecule has 2 heterocycles. The van der Waals surface area contributed by atoms with Crippen LogP contribution >= 0.6 is 27.7 Å². The van der Waals surface area contributed by atoms with Crippen LogP contribution < -0.4 is 5.32 Å². The number of nitrogens with one attached hydrogen (secondary N) is 1. The number of ether oxygens (including phenoxy) is 2. The fraction of sp³-hybridized carbons (Fsp3) is 0.200. The zero-order valence-electron chi connectivity index (χ0n) is 26.1. The second-order valence-electron chi connectivity index (χ2n) is 12.1. The molecule has 3 atom stereocenters. The maximum atomic E-state index is 15.7. The number of hydrogen-bond donors (Lipinski definition) is 1. The Hall–Kier alpha value is -4.08. The fourth-order valence-electron chi connectivity index (χ4n) is 6.91. The smallest absolute Gasteiger partial charge is 0.257 e. The summed E-state index contributed by atoms with van der Waals surface area (Å²) in [7, 11) is 0. The molecule has 2 aliphatic rings. The highest BCUT2D eigenvalue weighted by Gasteiger charge is 2.54. The van der Waals surface area contributed by atoms with E-state index in [4.69, 9.17) is 14.5 Å². The van der Waals surface area contributed by atoms with Crippen molar-refractivity contribution in [1.82, 2.24) is 5.32 Å². The molecule has 5 aromatic rings. The van der Waals surface area contributed by atoms with E-state index in [1.54, 1.807) is 24.3 Å². The van der Waals surface area contributed by atoms with Gasteiger partial charge in [0.25, 0.3) is 5.91 Å². The number of amides is 1. The minimum Gasteiger partial charge on any atom is -0.377 e. The lowest BCUT2D eigenvalue weighted by Gasteiger charge is -2.38. The van der Waals surface area contributed by atoms with Crippen molar-refractivity contribution in [1.29, 1.82) is 0 Å². The first-order valence-corrected chi connectivity index (χ1v) is 17.7. The lowest BCUT2D eigenvalue weighted by molar-refractivity contribution is -0.00339. The van der Waals surface area contributed by atoms with E-state index >= 15 is 4.39 Å². The molecular weight excluding hydrogens is 687 g/mol. The van der Waals surface area contributed by atoms with Gasteiger partial charge < -0.3 is 14.8 Å². The SMILES string of the molecule is O=C(NC1=N[C@@]2(c3cc(Br)ccc3F)CO[C@H](COCC(c3ccccc3)(c3ccccc3)c3ccccc3)[C@H]2CS1)c1ccccc1.